The van der Waals surface area contributed by atoms with E-state index in [-0.39, 0.29) is 30.9 Å². The van der Waals surface area contributed by atoms with Gasteiger partial charge < -0.3 is 9.47 Å². The standard InChI is InChI=1S/C25H18Cl3NO4S/c26-18-10-9-17(20(28)14-18)15-33-21-7-3-1-5-16(21)13-23-24(30)29(25(31)34-23)11-12-32-22-8-4-2-6-19(22)27/h1-10,13-14H,11-12,15H2/b23-13-. The number of hydrogen-bond acceptors (Lipinski definition) is 5. The molecule has 1 saturated heterocycles. The van der Waals surface area contributed by atoms with Crippen molar-refractivity contribution >= 4 is 63.8 Å². The quantitative estimate of drug-likeness (QED) is 0.283. The highest BCUT2D eigenvalue weighted by molar-refractivity contribution is 8.18. The maximum absolute atomic E-state index is 12.9. The van der Waals surface area contributed by atoms with Gasteiger partial charge in [0, 0.05) is 21.2 Å². The highest BCUT2D eigenvalue weighted by Gasteiger charge is 2.35. The number of carbonyl (C=O) groups is 2. The van der Waals surface area contributed by atoms with Gasteiger partial charge >= 0.3 is 0 Å². The van der Waals surface area contributed by atoms with Crippen LogP contribution >= 0.6 is 46.6 Å². The zero-order valence-electron chi connectivity index (χ0n) is 17.7. The summed E-state index contributed by atoms with van der Waals surface area (Å²) < 4.78 is 11.6. The maximum atomic E-state index is 12.9. The SMILES string of the molecule is O=C1S/C(=C\c2ccccc2OCc2ccc(Cl)cc2Cl)C(=O)N1CCOc1ccccc1Cl. The van der Waals surface area contributed by atoms with Gasteiger partial charge in [0.15, 0.2) is 0 Å². The second-order valence-corrected chi connectivity index (χ2v) is 9.42. The molecule has 3 aromatic rings. The van der Waals surface area contributed by atoms with Gasteiger partial charge in [-0.1, -0.05) is 71.2 Å². The number of nitrogens with zero attached hydrogens (tertiary/aromatic N) is 1. The molecule has 4 rings (SSSR count). The summed E-state index contributed by atoms with van der Waals surface area (Å²) in [7, 11) is 0. The molecule has 9 heteroatoms. The van der Waals surface area contributed by atoms with Crippen LogP contribution in [0.2, 0.25) is 15.1 Å². The first-order valence-corrected chi connectivity index (χ1v) is 12.2. The Labute approximate surface area is 216 Å². The molecule has 1 aliphatic heterocycles. The molecule has 0 aromatic heterocycles. The molecule has 3 aromatic carbocycles. The van der Waals surface area contributed by atoms with Crippen LogP contribution in [0.15, 0.2) is 71.6 Å². The van der Waals surface area contributed by atoms with E-state index in [2.05, 4.69) is 0 Å². The van der Waals surface area contributed by atoms with Crippen molar-refractivity contribution in [1.82, 2.24) is 4.90 Å². The number of halogens is 3. The predicted octanol–water partition coefficient (Wildman–Crippen LogP) is 7.34. The molecular formula is C25H18Cl3NO4S. The topological polar surface area (TPSA) is 55.8 Å². The Kier molecular flexibility index (Phi) is 8.06. The number of imide groups is 1. The Morgan fingerprint density at radius 3 is 2.35 bits per heavy atom. The van der Waals surface area contributed by atoms with Gasteiger partial charge in [-0.25, -0.2) is 0 Å². The summed E-state index contributed by atoms with van der Waals surface area (Å²) >= 11 is 19.1. The number of amides is 2. The highest BCUT2D eigenvalue weighted by atomic mass is 35.5. The molecule has 1 aliphatic rings. The van der Waals surface area contributed by atoms with Crippen LogP contribution in [0.4, 0.5) is 4.79 Å². The van der Waals surface area contributed by atoms with Crippen molar-refractivity contribution in [2.75, 3.05) is 13.2 Å². The molecular weight excluding hydrogens is 517 g/mol. The van der Waals surface area contributed by atoms with Crippen LogP contribution in [0.5, 0.6) is 11.5 Å². The Bertz CT molecular complexity index is 1260. The summed E-state index contributed by atoms with van der Waals surface area (Å²) in [6.45, 7) is 0.471. The number of ether oxygens (including phenoxy) is 2. The van der Waals surface area contributed by atoms with Crippen molar-refractivity contribution in [3.05, 3.63) is 97.8 Å². The van der Waals surface area contributed by atoms with Crippen LogP contribution in [0, 0.1) is 0 Å². The fourth-order valence-corrected chi connectivity index (χ4v) is 4.68. The molecule has 5 nitrogen and oxygen atoms in total. The van der Waals surface area contributed by atoms with E-state index in [9.17, 15) is 9.59 Å². The highest BCUT2D eigenvalue weighted by Crippen LogP contribution is 2.34. The van der Waals surface area contributed by atoms with E-state index in [0.717, 1.165) is 22.2 Å². The van der Waals surface area contributed by atoms with E-state index in [1.807, 2.05) is 18.2 Å². The van der Waals surface area contributed by atoms with E-state index >= 15 is 0 Å². The number of carbonyl (C=O) groups excluding carboxylic acids is 2. The Morgan fingerprint density at radius 2 is 1.59 bits per heavy atom. The molecule has 0 radical (unpaired) electrons. The molecule has 0 bridgehead atoms. The normalized spacial score (nSPS) is 14.7. The van der Waals surface area contributed by atoms with Gasteiger partial charge in [0.05, 0.1) is 16.5 Å². The first-order chi connectivity index (χ1) is 16.4. The smallest absolute Gasteiger partial charge is 0.293 e. The van der Waals surface area contributed by atoms with Crippen molar-refractivity contribution in [1.29, 1.82) is 0 Å². The number of para-hydroxylation sites is 2. The number of rotatable bonds is 8. The van der Waals surface area contributed by atoms with Gasteiger partial charge in [-0.05, 0) is 48.2 Å². The lowest BCUT2D eigenvalue weighted by atomic mass is 10.1. The molecule has 0 N–H and O–H groups in total. The summed E-state index contributed by atoms with van der Waals surface area (Å²) in [5, 5.41) is 1.16. The maximum Gasteiger partial charge on any atom is 0.293 e. The summed E-state index contributed by atoms with van der Waals surface area (Å²) in [5.41, 5.74) is 1.45. The Balaban J connectivity index is 1.43. The average Bonchev–Trinajstić information content (AvgIpc) is 3.08. The van der Waals surface area contributed by atoms with Crippen molar-refractivity contribution < 1.29 is 19.1 Å². The molecule has 174 valence electrons. The van der Waals surface area contributed by atoms with Crippen LogP contribution < -0.4 is 9.47 Å². The number of thioether (sulfide) groups is 1. The largest absolute Gasteiger partial charge is 0.490 e. The van der Waals surface area contributed by atoms with E-state index in [0.29, 0.717) is 37.0 Å². The van der Waals surface area contributed by atoms with Crippen LogP contribution in [0.25, 0.3) is 6.08 Å². The number of hydrogen-bond donors (Lipinski definition) is 0. The number of benzene rings is 3. The second-order valence-electron chi connectivity index (χ2n) is 7.17. The third-order valence-electron chi connectivity index (χ3n) is 4.89. The fraction of sp³-hybridized carbons (Fsp3) is 0.120. The third kappa shape index (κ3) is 5.88. The van der Waals surface area contributed by atoms with Gasteiger partial charge in [0.2, 0.25) is 0 Å². The van der Waals surface area contributed by atoms with E-state index < -0.39 is 0 Å². The lowest BCUT2D eigenvalue weighted by Gasteiger charge is -2.14. The van der Waals surface area contributed by atoms with Crippen LogP contribution in [0.1, 0.15) is 11.1 Å². The van der Waals surface area contributed by atoms with Gasteiger partial charge in [0.25, 0.3) is 11.1 Å². The van der Waals surface area contributed by atoms with Crippen molar-refractivity contribution in [2.45, 2.75) is 6.61 Å². The van der Waals surface area contributed by atoms with Crippen molar-refractivity contribution in [3.63, 3.8) is 0 Å². The predicted molar refractivity (Wildman–Crippen MR) is 137 cm³/mol. The van der Waals surface area contributed by atoms with Crippen molar-refractivity contribution in [3.8, 4) is 11.5 Å². The summed E-state index contributed by atoms with van der Waals surface area (Å²) in [4.78, 5) is 26.8. The third-order valence-corrected chi connectivity index (χ3v) is 6.69. The summed E-state index contributed by atoms with van der Waals surface area (Å²) in [6.07, 6.45) is 1.65. The van der Waals surface area contributed by atoms with Crippen LogP contribution in [0.3, 0.4) is 0 Å². The fourth-order valence-electron chi connectivity index (χ4n) is 3.17. The molecule has 34 heavy (non-hydrogen) atoms. The molecule has 0 unspecified atom stereocenters. The lowest BCUT2D eigenvalue weighted by Crippen LogP contribution is -2.32. The first kappa shape index (κ1) is 24.5. The Morgan fingerprint density at radius 1 is 0.853 bits per heavy atom. The Hall–Kier alpha value is -2.64. The van der Waals surface area contributed by atoms with Gasteiger partial charge in [-0.15, -0.1) is 0 Å². The molecule has 0 spiro atoms. The molecule has 0 saturated carbocycles. The minimum Gasteiger partial charge on any atom is -0.490 e. The van der Waals surface area contributed by atoms with Crippen LogP contribution in [-0.2, 0) is 11.4 Å². The average molecular weight is 535 g/mol. The molecule has 0 atom stereocenters. The summed E-state index contributed by atoms with van der Waals surface area (Å²) in [6, 6.07) is 19.5. The van der Waals surface area contributed by atoms with Gasteiger partial charge in [0.1, 0.15) is 24.7 Å². The van der Waals surface area contributed by atoms with E-state index in [4.69, 9.17) is 44.3 Å². The van der Waals surface area contributed by atoms with E-state index in [1.54, 1.807) is 54.6 Å². The molecule has 1 fully saturated rings. The minimum atomic E-state index is -0.381. The van der Waals surface area contributed by atoms with Crippen LogP contribution in [-0.4, -0.2) is 29.2 Å². The molecule has 1 heterocycles. The minimum absolute atomic E-state index is 0.112. The van der Waals surface area contributed by atoms with E-state index in [1.165, 1.54) is 0 Å². The molecule has 2 amide bonds. The summed E-state index contributed by atoms with van der Waals surface area (Å²) in [5.74, 6) is 0.675. The van der Waals surface area contributed by atoms with Gasteiger partial charge in [-0.3, -0.25) is 14.5 Å². The molecule has 0 aliphatic carbocycles. The zero-order valence-corrected chi connectivity index (χ0v) is 20.8. The second kappa shape index (κ2) is 11.2. The van der Waals surface area contributed by atoms with Crippen molar-refractivity contribution in [2.24, 2.45) is 0 Å². The monoisotopic (exact) mass is 533 g/mol. The first-order valence-electron chi connectivity index (χ1n) is 10.2. The zero-order chi connectivity index (χ0) is 24.1. The van der Waals surface area contributed by atoms with Gasteiger partial charge in [-0.2, -0.15) is 0 Å². The lowest BCUT2D eigenvalue weighted by molar-refractivity contribution is -0.123.